The van der Waals surface area contributed by atoms with Gasteiger partial charge in [0.25, 0.3) is 5.91 Å². The number of thioether (sulfide) groups is 1. The van der Waals surface area contributed by atoms with Gasteiger partial charge in [-0.05, 0) is 74.4 Å². The Bertz CT molecular complexity index is 1040. The van der Waals surface area contributed by atoms with Crippen LogP contribution in [0.25, 0.3) is 0 Å². The van der Waals surface area contributed by atoms with Crippen molar-refractivity contribution in [3.8, 4) is 5.75 Å². The summed E-state index contributed by atoms with van der Waals surface area (Å²) in [7, 11) is 0. The molecule has 1 atom stereocenters. The fourth-order valence-corrected chi connectivity index (χ4v) is 3.61. The molecule has 0 fully saturated rings. The second-order valence-electron chi connectivity index (χ2n) is 6.91. The number of nitrogens with zero attached hydrogens (tertiary/aromatic N) is 3. The molecule has 0 bridgehead atoms. The van der Waals surface area contributed by atoms with Crippen molar-refractivity contribution in [3.05, 3.63) is 82.1 Å². The lowest BCUT2D eigenvalue weighted by Gasteiger charge is -2.09. The van der Waals surface area contributed by atoms with Gasteiger partial charge >= 0.3 is 0 Å². The molecule has 0 aliphatic carbocycles. The highest BCUT2D eigenvalue weighted by atomic mass is 35.5. The Morgan fingerprint density at radius 1 is 1.13 bits per heavy atom. The van der Waals surface area contributed by atoms with E-state index in [1.807, 2.05) is 68.4 Å². The van der Waals surface area contributed by atoms with E-state index in [2.05, 4.69) is 20.5 Å². The number of rotatable bonds is 8. The number of benzene rings is 2. The molecule has 8 heteroatoms. The average Bonchev–Trinajstić information content (AvgIpc) is 2.73. The number of ether oxygens (including phenoxy) is 1. The number of hydrogen-bond acceptors (Lipinski definition) is 6. The number of carbonyl (C=O) groups excluding carboxylic acids is 1. The third-order valence-electron chi connectivity index (χ3n) is 4.20. The lowest BCUT2D eigenvalue weighted by molar-refractivity contribution is -0.120. The zero-order valence-electron chi connectivity index (χ0n) is 17.5. The molecular weight excluding hydrogens is 432 g/mol. The first-order chi connectivity index (χ1) is 14.9. The van der Waals surface area contributed by atoms with E-state index in [1.165, 1.54) is 11.8 Å². The Balaban J connectivity index is 1.47. The molecule has 0 aliphatic rings. The van der Waals surface area contributed by atoms with Crippen molar-refractivity contribution in [1.29, 1.82) is 0 Å². The minimum absolute atomic E-state index is 0.216. The van der Waals surface area contributed by atoms with Crippen LogP contribution >= 0.6 is 23.4 Å². The maximum absolute atomic E-state index is 12.3. The highest BCUT2D eigenvalue weighted by molar-refractivity contribution is 8.00. The lowest BCUT2D eigenvalue weighted by Crippen LogP contribution is -2.27. The van der Waals surface area contributed by atoms with Gasteiger partial charge in [-0.2, -0.15) is 5.10 Å². The Morgan fingerprint density at radius 2 is 1.77 bits per heavy atom. The zero-order valence-corrected chi connectivity index (χ0v) is 19.1. The van der Waals surface area contributed by atoms with Crippen molar-refractivity contribution in [2.45, 2.75) is 37.8 Å². The van der Waals surface area contributed by atoms with Crippen LogP contribution in [0.3, 0.4) is 0 Å². The first-order valence-electron chi connectivity index (χ1n) is 9.68. The van der Waals surface area contributed by atoms with Crippen molar-refractivity contribution >= 4 is 35.5 Å². The van der Waals surface area contributed by atoms with E-state index < -0.39 is 0 Å². The number of nitrogens with one attached hydrogen (secondary N) is 1. The van der Waals surface area contributed by atoms with Crippen LogP contribution in [0.4, 0.5) is 0 Å². The molecule has 0 saturated carbocycles. The highest BCUT2D eigenvalue weighted by Gasteiger charge is 2.15. The van der Waals surface area contributed by atoms with E-state index >= 15 is 0 Å². The number of amides is 1. The van der Waals surface area contributed by atoms with Crippen molar-refractivity contribution in [1.82, 2.24) is 15.4 Å². The minimum atomic E-state index is -0.373. The zero-order chi connectivity index (χ0) is 22.2. The van der Waals surface area contributed by atoms with Gasteiger partial charge in [0.15, 0.2) is 5.16 Å². The SMILES string of the molecule is Cc1cc(C)nc(S[C@H](C)C(=O)N/N=C\c2ccc(OCc3ccc(Cl)cc3)cc2)n1. The second kappa shape index (κ2) is 10.9. The molecule has 1 heterocycles. The largest absolute Gasteiger partial charge is 0.489 e. The maximum Gasteiger partial charge on any atom is 0.253 e. The van der Waals surface area contributed by atoms with Crippen LogP contribution in [0.1, 0.15) is 29.4 Å². The number of halogens is 1. The molecule has 6 nitrogen and oxygen atoms in total. The summed E-state index contributed by atoms with van der Waals surface area (Å²) < 4.78 is 5.76. The van der Waals surface area contributed by atoms with Gasteiger partial charge < -0.3 is 4.74 Å². The summed E-state index contributed by atoms with van der Waals surface area (Å²) in [5.74, 6) is 0.529. The molecule has 1 aromatic heterocycles. The molecule has 0 radical (unpaired) electrons. The molecule has 0 aliphatic heterocycles. The van der Waals surface area contributed by atoms with Crippen LogP contribution in [0, 0.1) is 13.8 Å². The molecule has 3 rings (SSSR count). The first kappa shape index (κ1) is 22.8. The van der Waals surface area contributed by atoms with Crippen molar-refractivity contribution in [2.24, 2.45) is 5.10 Å². The molecule has 2 aromatic carbocycles. The number of hydrazone groups is 1. The molecule has 1 amide bonds. The van der Waals surface area contributed by atoms with Gasteiger partial charge in [-0.1, -0.05) is 35.5 Å². The van der Waals surface area contributed by atoms with Crippen LogP contribution in [-0.4, -0.2) is 27.3 Å². The van der Waals surface area contributed by atoms with E-state index in [1.54, 1.807) is 13.1 Å². The van der Waals surface area contributed by atoms with E-state index in [9.17, 15) is 4.79 Å². The smallest absolute Gasteiger partial charge is 0.253 e. The molecule has 0 saturated heterocycles. The Hall–Kier alpha value is -2.90. The van der Waals surface area contributed by atoms with E-state index in [0.717, 1.165) is 28.3 Å². The quantitative estimate of drug-likeness (QED) is 0.225. The Kier molecular flexibility index (Phi) is 8.03. The van der Waals surface area contributed by atoms with Crippen molar-refractivity contribution in [3.63, 3.8) is 0 Å². The van der Waals surface area contributed by atoms with Crippen LogP contribution in [0.15, 0.2) is 64.9 Å². The molecule has 160 valence electrons. The maximum atomic E-state index is 12.3. The molecule has 1 N–H and O–H groups in total. The van der Waals surface area contributed by atoms with Gasteiger partial charge in [0, 0.05) is 16.4 Å². The fourth-order valence-electron chi connectivity index (χ4n) is 2.62. The van der Waals surface area contributed by atoms with Crippen molar-refractivity contribution < 1.29 is 9.53 Å². The van der Waals surface area contributed by atoms with Gasteiger partial charge in [-0.25, -0.2) is 15.4 Å². The third kappa shape index (κ3) is 7.38. The van der Waals surface area contributed by atoms with Gasteiger partial charge in [0.05, 0.1) is 11.5 Å². The molecule has 31 heavy (non-hydrogen) atoms. The molecule has 0 unspecified atom stereocenters. The predicted molar refractivity (Wildman–Crippen MR) is 125 cm³/mol. The summed E-state index contributed by atoms with van der Waals surface area (Å²) in [4.78, 5) is 21.0. The van der Waals surface area contributed by atoms with Gasteiger partial charge in [0.1, 0.15) is 12.4 Å². The average molecular weight is 455 g/mol. The van der Waals surface area contributed by atoms with E-state index in [4.69, 9.17) is 16.3 Å². The van der Waals surface area contributed by atoms with E-state index in [-0.39, 0.29) is 11.2 Å². The minimum Gasteiger partial charge on any atom is -0.489 e. The lowest BCUT2D eigenvalue weighted by atomic mass is 10.2. The van der Waals surface area contributed by atoms with Crippen LogP contribution in [-0.2, 0) is 11.4 Å². The van der Waals surface area contributed by atoms with Crippen LogP contribution < -0.4 is 10.2 Å². The number of aryl methyl sites for hydroxylation is 2. The normalized spacial score (nSPS) is 12.0. The van der Waals surface area contributed by atoms with E-state index in [0.29, 0.717) is 16.8 Å². The van der Waals surface area contributed by atoms with Crippen molar-refractivity contribution in [2.75, 3.05) is 0 Å². The standard InChI is InChI=1S/C23H23ClN4O2S/c1-15-12-16(2)27-23(26-15)31-17(3)22(29)28-25-13-18-6-10-21(11-7-18)30-14-19-4-8-20(24)9-5-19/h4-13,17H,14H2,1-3H3,(H,28,29)/b25-13-/t17-/m1/s1. The first-order valence-corrected chi connectivity index (χ1v) is 10.9. The summed E-state index contributed by atoms with van der Waals surface area (Å²) in [5.41, 5.74) is 6.19. The highest BCUT2D eigenvalue weighted by Crippen LogP contribution is 2.20. The number of aromatic nitrogens is 2. The monoisotopic (exact) mass is 454 g/mol. The third-order valence-corrected chi connectivity index (χ3v) is 5.41. The topological polar surface area (TPSA) is 76.5 Å². The Morgan fingerprint density at radius 3 is 2.42 bits per heavy atom. The fraction of sp³-hybridized carbons (Fsp3) is 0.217. The summed E-state index contributed by atoms with van der Waals surface area (Å²) >= 11 is 7.19. The summed E-state index contributed by atoms with van der Waals surface area (Å²) in [6.45, 7) is 6.06. The van der Waals surface area contributed by atoms with Crippen LogP contribution in [0.2, 0.25) is 5.02 Å². The summed E-state index contributed by atoms with van der Waals surface area (Å²) in [6.07, 6.45) is 1.59. The molecular formula is C23H23ClN4O2S. The van der Waals surface area contributed by atoms with Gasteiger partial charge in [-0.15, -0.1) is 0 Å². The number of hydrogen-bond donors (Lipinski definition) is 1. The summed E-state index contributed by atoms with van der Waals surface area (Å²) in [6, 6.07) is 16.9. The van der Waals surface area contributed by atoms with Gasteiger partial charge in [-0.3, -0.25) is 4.79 Å². The Labute approximate surface area is 191 Å². The number of carbonyl (C=O) groups is 1. The molecule has 3 aromatic rings. The van der Waals surface area contributed by atoms with Crippen LogP contribution in [0.5, 0.6) is 5.75 Å². The second-order valence-corrected chi connectivity index (χ2v) is 8.66. The molecule has 0 spiro atoms. The van der Waals surface area contributed by atoms with Gasteiger partial charge in [0.2, 0.25) is 0 Å². The predicted octanol–water partition coefficient (Wildman–Crippen LogP) is 4.96. The summed E-state index contributed by atoms with van der Waals surface area (Å²) in [5, 5.41) is 4.95.